The van der Waals surface area contributed by atoms with E-state index in [1.165, 1.54) is 12.1 Å². The first-order chi connectivity index (χ1) is 17.1. The van der Waals surface area contributed by atoms with Crippen molar-refractivity contribution in [2.75, 3.05) is 25.5 Å². The van der Waals surface area contributed by atoms with E-state index in [0.29, 0.717) is 39.0 Å². The Morgan fingerprint density at radius 2 is 1.83 bits per heavy atom. The van der Waals surface area contributed by atoms with Crippen molar-refractivity contribution in [3.8, 4) is 11.1 Å². The van der Waals surface area contributed by atoms with E-state index in [0.717, 1.165) is 41.6 Å². The summed E-state index contributed by atoms with van der Waals surface area (Å²) >= 11 is 0. The monoisotopic (exact) mass is 474 g/mol. The van der Waals surface area contributed by atoms with Crippen LogP contribution in [0.2, 0.25) is 0 Å². The van der Waals surface area contributed by atoms with Crippen LogP contribution in [0.4, 0.5) is 10.3 Å². The highest BCUT2D eigenvalue weighted by Gasteiger charge is 2.45. The number of anilines is 1. The van der Waals surface area contributed by atoms with Crippen LogP contribution in [-0.4, -0.2) is 40.5 Å². The Morgan fingerprint density at radius 3 is 2.57 bits per heavy atom. The number of ether oxygens (including phenoxy) is 1. The van der Waals surface area contributed by atoms with Crippen LogP contribution >= 0.6 is 0 Å². The minimum Gasteiger partial charge on any atom is -0.381 e. The van der Waals surface area contributed by atoms with E-state index in [1.807, 2.05) is 23.1 Å². The molecule has 1 atom stereocenters. The maximum atomic E-state index is 14.4. The molecular formula is C28H31FN4O2. The molecule has 0 aliphatic carbocycles. The van der Waals surface area contributed by atoms with Crippen LogP contribution in [-0.2, 0) is 16.0 Å². The predicted octanol–water partition coefficient (Wildman–Crippen LogP) is 4.96. The molecule has 0 saturated carbocycles. The fraction of sp³-hybridized carbons (Fsp3) is 0.393. The molecule has 7 heteroatoms. The van der Waals surface area contributed by atoms with Crippen molar-refractivity contribution >= 4 is 11.9 Å². The minimum atomic E-state index is -0.510. The molecule has 0 radical (unpaired) electrons. The highest BCUT2D eigenvalue weighted by atomic mass is 19.1. The van der Waals surface area contributed by atoms with E-state index in [-0.39, 0.29) is 23.7 Å². The van der Waals surface area contributed by atoms with Crippen molar-refractivity contribution in [3.05, 3.63) is 77.9 Å². The number of carbonyl (C=O) groups excluding carboxylic acids is 1. The number of nitrogens with two attached hydrogens (primary N) is 1. The van der Waals surface area contributed by atoms with Crippen molar-refractivity contribution in [3.63, 3.8) is 0 Å². The average molecular weight is 475 g/mol. The third-order valence-electron chi connectivity index (χ3n) is 7.36. The summed E-state index contributed by atoms with van der Waals surface area (Å²) in [5, 5.41) is 0. The first-order valence-electron chi connectivity index (χ1n) is 12.4. The van der Waals surface area contributed by atoms with Gasteiger partial charge in [-0.15, -0.1) is 0 Å². The van der Waals surface area contributed by atoms with Gasteiger partial charge in [-0.05, 0) is 61.8 Å². The van der Waals surface area contributed by atoms with Crippen LogP contribution in [0.25, 0.3) is 11.1 Å². The Hall–Kier alpha value is -3.32. The zero-order chi connectivity index (χ0) is 24.3. The fourth-order valence-electron chi connectivity index (χ4n) is 5.49. The molecule has 2 aliphatic rings. The van der Waals surface area contributed by atoms with Gasteiger partial charge in [-0.1, -0.05) is 42.5 Å². The van der Waals surface area contributed by atoms with Crippen molar-refractivity contribution in [2.45, 2.75) is 44.6 Å². The quantitative estimate of drug-likeness (QED) is 0.565. The number of piperidine rings is 1. The van der Waals surface area contributed by atoms with Gasteiger partial charge in [0.15, 0.2) is 0 Å². The summed E-state index contributed by atoms with van der Waals surface area (Å²) in [4.78, 5) is 25.3. The largest absolute Gasteiger partial charge is 0.381 e. The molecule has 0 bridgehead atoms. The van der Waals surface area contributed by atoms with Gasteiger partial charge in [0.25, 0.3) is 0 Å². The average Bonchev–Trinajstić information content (AvgIpc) is 2.90. The molecule has 6 nitrogen and oxygen atoms in total. The van der Waals surface area contributed by atoms with E-state index in [4.69, 9.17) is 10.5 Å². The topological polar surface area (TPSA) is 81.3 Å². The Balaban J connectivity index is 1.53. The van der Waals surface area contributed by atoms with Crippen molar-refractivity contribution in [2.24, 2.45) is 5.41 Å². The molecule has 2 saturated heterocycles. The molecule has 2 fully saturated rings. The Morgan fingerprint density at radius 1 is 1.09 bits per heavy atom. The van der Waals surface area contributed by atoms with Gasteiger partial charge in [-0.25, -0.2) is 14.4 Å². The zero-order valence-electron chi connectivity index (χ0n) is 19.8. The second kappa shape index (κ2) is 10.1. The summed E-state index contributed by atoms with van der Waals surface area (Å²) in [5.74, 6) is 0.0361. The highest BCUT2D eigenvalue weighted by Crippen LogP contribution is 2.42. The van der Waals surface area contributed by atoms with Gasteiger partial charge < -0.3 is 15.4 Å². The number of rotatable bonds is 5. The van der Waals surface area contributed by atoms with Crippen molar-refractivity contribution in [1.29, 1.82) is 0 Å². The molecular weight excluding hydrogens is 443 g/mol. The number of halogens is 1. The summed E-state index contributed by atoms with van der Waals surface area (Å²) in [6, 6.07) is 16.3. The Bertz CT molecular complexity index is 1160. The number of hydrogen-bond donors (Lipinski definition) is 1. The fourth-order valence-corrected chi connectivity index (χ4v) is 5.49. The molecule has 3 heterocycles. The summed E-state index contributed by atoms with van der Waals surface area (Å²) in [5.41, 5.74) is 9.01. The molecule has 2 aliphatic heterocycles. The second-order valence-corrected chi connectivity index (χ2v) is 9.60. The van der Waals surface area contributed by atoms with Gasteiger partial charge >= 0.3 is 0 Å². The van der Waals surface area contributed by atoms with Crippen molar-refractivity contribution < 1.29 is 13.9 Å². The zero-order valence-corrected chi connectivity index (χ0v) is 19.8. The second-order valence-electron chi connectivity index (χ2n) is 9.60. The lowest BCUT2D eigenvalue weighted by Crippen LogP contribution is -2.51. The number of amides is 1. The molecule has 35 heavy (non-hydrogen) atoms. The van der Waals surface area contributed by atoms with Crippen LogP contribution in [0, 0.1) is 11.2 Å². The van der Waals surface area contributed by atoms with E-state index in [2.05, 4.69) is 22.1 Å². The van der Waals surface area contributed by atoms with Crippen molar-refractivity contribution in [1.82, 2.24) is 14.9 Å². The summed E-state index contributed by atoms with van der Waals surface area (Å²) < 4.78 is 19.3. The molecule has 3 aromatic rings. The van der Waals surface area contributed by atoms with Gasteiger partial charge in [-0.2, -0.15) is 0 Å². The van der Waals surface area contributed by atoms with Gasteiger partial charge in [0, 0.05) is 31.5 Å². The van der Waals surface area contributed by atoms with Gasteiger partial charge in [0.05, 0.1) is 17.2 Å². The van der Waals surface area contributed by atoms with E-state index in [9.17, 15) is 9.18 Å². The highest BCUT2D eigenvalue weighted by molar-refractivity contribution is 5.84. The molecule has 0 unspecified atom stereocenters. The molecule has 5 rings (SSSR count). The van der Waals surface area contributed by atoms with Crippen LogP contribution in [0.1, 0.15) is 49.4 Å². The van der Waals surface area contributed by atoms with Gasteiger partial charge in [0.2, 0.25) is 11.9 Å². The number of aromatic nitrogens is 2. The predicted molar refractivity (Wildman–Crippen MR) is 133 cm³/mol. The maximum absolute atomic E-state index is 14.4. The molecule has 2 aromatic carbocycles. The lowest BCUT2D eigenvalue weighted by Gasteiger charge is -2.44. The first kappa shape index (κ1) is 23.4. The first-order valence-corrected chi connectivity index (χ1v) is 12.4. The van der Waals surface area contributed by atoms with Crippen LogP contribution in [0.3, 0.4) is 0 Å². The van der Waals surface area contributed by atoms with Crippen LogP contribution in [0.5, 0.6) is 0 Å². The molecule has 1 aromatic heterocycles. The lowest BCUT2D eigenvalue weighted by atomic mass is 9.73. The molecule has 2 N–H and O–H groups in total. The summed E-state index contributed by atoms with van der Waals surface area (Å²) in [6.07, 6.45) is 6.52. The number of nitrogens with zero attached hydrogens (tertiary/aromatic N) is 3. The van der Waals surface area contributed by atoms with E-state index in [1.54, 1.807) is 18.3 Å². The number of hydrogen-bond acceptors (Lipinski definition) is 5. The lowest BCUT2D eigenvalue weighted by molar-refractivity contribution is -0.152. The number of carbonyl (C=O) groups is 1. The third-order valence-corrected chi connectivity index (χ3v) is 7.36. The SMILES string of the molecule is Nc1ncc(-c2ccc(F)cc2)c([C@@H]2CCCCN2C(=O)C2(Cc3ccccc3)CCOCC2)n1. The molecule has 1 amide bonds. The Labute approximate surface area is 205 Å². The van der Waals surface area contributed by atoms with Crippen LogP contribution < -0.4 is 5.73 Å². The Kier molecular flexibility index (Phi) is 6.77. The standard InChI is InChI=1S/C28H31FN4O2/c29-22-11-9-21(10-12-22)23-19-31-27(30)32-25(23)24-8-4-5-15-33(24)26(34)28(13-16-35-17-14-28)18-20-6-2-1-3-7-20/h1-3,6-7,9-12,19,24H,4-5,8,13-18H2,(H2,30,31,32)/t24-/m0/s1. The number of nitrogen functional groups attached to an aromatic ring is 1. The number of likely N-dealkylation sites (tertiary alicyclic amines) is 1. The summed E-state index contributed by atoms with van der Waals surface area (Å²) in [7, 11) is 0. The summed E-state index contributed by atoms with van der Waals surface area (Å²) in [6.45, 7) is 1.84. The van der Waals surface area contributed by atoms with E-state index < -0.39 is 5.41 Å². The van der Waals surface area contributed by atoms with Gasteiger partial charge in [-0.3, -0.25) is 4.79 Å². The normalized spacial score (nSPS) is 19.9. The molecule has 182 valence electrons. The third kappa shape index (κ3) is 4.91. The van der Waals surface area contributed by atoms with E-state index >= 15 is 0 Å². The smallest absolute Gasteiger partial charge is 0.229 e. The van der Waals surface area contributed by atoms with Gasteiger partial charge in [0.1, 0.15) is 5.82 Å². The maximum Gasteiger partial charge on any atom is 0.229 e. The molecule has 0 spiro atoms. The number of benzene rings is 2. The van der Waals surface area contributed by atoms with Crippen LogP contribution in [0.15, 0.2) is 60.8 Å². The minimum absolute atomic E-state index is 0.164.